The van der Waals surface area contributed by atoms with Gasteiger partial charge in [-0.15, -0.1) is 11.3 Å². The second-order valence-electron chi connectivity index (χ2n) is 9.52. The van der Waals surface area contributed by atoms with Crippen LogP contribution >= 0.6 is 11.3 Å². The third-order valence-corrected chi connectivity index (χ3v) is 7.70. The average Bonchev–Trinajstić information content (AvgIpc) is 3.45. The molecule has 0 saturated heterocycles. The fourth-order valence-corrected chi connectivity index (χ4v) is 5.16. The maximum Gasteiger partial charge on any atom is 0.311 e. The van der Waals surface area contributed by atoms with Crippen LogP contribution in [0.15, 0.2) is 35.7 Å². The number of carbonyl (C=O) groups is 2. The number of carbonyl (C=O) groups excluding carboxylic acids is 1. The summed E-state index contributed by atoms with van der Waals surface area (Å²) in [6.45, 7) is 9.79. The molecule has 184 valence electrons. The number of imidazole rings is 1. The van der Waals surface area contributed by atoms with Crippen LogP contribution in [0.2, 0.25) is 0 Å². The second-order valence-corrected chi connectivity index (χ2v) is 10.6. The van der Waals surface area contributed by atoms with Crippen molar-refractivity contribution in [1.29, 1.82) is 0 Å². The van der Waals surface area contributed by atoms with Gasteiger partial charge >= 0.3 is 5.97 Å². The van der Waals surface area contributed by atoms with Gasteiger partial charge in [0.2, 0.25) is 0 Å². The molecule has 0 fully saturated rings. The van der Waals surface area contributed by atoms with E-state index in [9.17, 15) is 14.7 Å². The summed E-state index contributed by atoms with van der Waals surface area (Å²) in [4.78, 5) is 31.2. The number of fused-ring (bicyclic) bond motifs is 1. The Morgan fingerprint density at radius 2 is 1.91 bits per heavy atom. The summed E-state index contributed by atoms with van der Waals surface area (Å²) in [7, 11) is 0. The van der Waals surface area contributed by atoms with Gasteiger partial charge in [0.05, 0.1) is 16.4 Å². The van der Waals surface area contributed by atoms with E-state index in [-0.39, 0.29) is 5.91 Å². The molecule has 2 heterocycles. The SMILES string of the molecule is CCCCC(NC(=O)c1ccc2c(c1)nc(Cc1cccs1)n2C(CC)CC)C(C)(C)C(=O)O. The third kappa shape index (κ3) is 5.52. The monoisotopic (exact) mass is 483 g/mol. The Balaban J connectivity index is 1.95. The quantitative estimate of drug-likeness (QED) is 0.310. The topological polar surface area (TPSA) is 84.2 Å². The van der Waals surface area contributed by atoms with Gasteiger partial charge < -0.3 is 15.0 Å². The van der Waals surface area contributed by atoms with Crippen molar-refractivity contribution < 1.29 is 14.7 Å². The Kier molecular flexibility index (Phi) is 8.52. The molecule has 0 aliphatic rings. The van der Waals surface area contributed by atoms with Gasteiger partial charge in [0.25, 0.3) is 5.91 Å². The molecule has 2 aromatic heterocycles. The number of hydrogen-bond acceptors (Lipinski definition) is 4. The van der Waals surface area contributed by atoms with Crippen LogP contribution < -0.4 is 5.32 Å². The highest BCUT2D eigenvalue weighted by Crippen LogP contribution is 2.29. The first kappa shape index (κ1) is 25.9. The molecule has 0 radical (unpaired) electrons. The van der Waals surface area contributed by atoms with Crippen LogP contribution in [-0.2, 0) is 11.2 Å². The molecular weight excluding hydrogens is 446 g/mol. The predicted octanol–water partition coefficient (Wildman–Crippen LogP) is 6.45. The van der Waals surface area contributed by atoms with Gasteiger partial charge in [-0.05, 0) is 62.8 Å². The van der Waals surface area contributed by atoms with Gasteiger partial charge in [0, 0.05) is 28.9 Å². The Labute approximate surface area is 206 Å². The average molecular weight is 484 g/mol. The van der Waals surface area contributed by atoms with Crippen molar-refractivity contribution in [2.75, 3.05) is 0 Å². The van der Waals surface area contributed by atoms with Crippen LogP contribution in [0.25, 0.3) is 11.0 Å². The van der Waals surface area contributed by atoms with E-state index < -0.39 is 17.4 Å². The van der Waals surface area contributed by atoms with E-state index in [1.54, 1.807) is 25.2 Å². The Hall–Kier alpha value is -2.67. The van der Waals surface area contributed by atoms with E-state index in [0.717, 1.165) is 49.0 Å². The third-order valence-electron chi connectivity index (χ3n) is 6.82. The number of nitrogens with one attached hydrogen (secondary N) is 1. The van der Waals surface area contributed by atoms with Gasteiger partial charge in [-0.3, -0.25) is 9.59 Å². The zero-order chi connectivity index (χ0) is 24.9. The van der Waals surface area contributed by atoms with Crippen molar-refractivity contribution in [2.24, 2.45) is 5.41 Å². The molecule has 2 N–H and O–H groups in total. The van der Waals surface area contributed by atoms with E-state index in [2.05, 4.69) is 48.2 Å². The molecule has 6 nitrogen and oxygen atoms in total. The molecule has 0 saturated carbocycles. The van der Waals surface area contributed by atoms with Crippen molar-refractivity contribution >= 4 is 34.2 Å². The highest BCUT2D eigenvalue weighted by Gasteiger charge is 2.37. The molecular formula is C27H37N3O3S. The number of rotatable bonds is 12. The first-order chi connectivity index (χ1) is 16.2. The summed E-state index contributed by atoms with van der Waals surface area (Å²) >= 11 is 1.72. The minimum atomic E-state index is -1.06. The number of benzene rings is 1. The molecule has 3 aromatic rings. The van der Waals surface area contributed by atoms with Crippen molar-refractivity contribution in [3.63, 3.8) is 0 Å². The van der Waals surface area contributed by atoms with Crippen LogP contribution in [0, 0.1) is 5.41 Å². The van der Waals surface area contributed by atoms with Crippen LogP contribution in [0.4, 0.5) is 0 Å². The number of unbranched alkanes of at least 4 members (excludes halogenated alkanes) is 1. The Morgan fingerprint density at radius 1 is 1.18 bits per heavy atom. The standard InChI is InChI=1S/C27H37N3O3S/c1-6-9-12-23(27(4,5)26(32)33)29-25(31)18-13-14-22-21(16-18)28-24(17-20-11-10-15-34-20)30(22)19(7-2)8-3/h10-11,13-16,19,23H,6-9,12,17H2,1-5H3,(H,29,31)(H,32,33). The van der Waals surface area contributed by atoms with Gasteiger partial charge in [0.1, 0.15) is 5.82 Å². The number of thiophene rings is 1. The van der Waals surface area contributed by atoms with Gasteiger partial charge in [-0.1, -0.05) is 39.7 Å². The highest BCUT2D eigenvalue weighted by atomic mass is 32.1. The van der Waals surface area contributed by atoms with Crippen LogP contribution in [0.1, 0.15) is 93.8 Å². The van der Waals surface area contributed by atoms with Crippen LogP contribution in [0.3, 0.4) is 0 Å². The summed E-state index contributed by atoms with van der Waals surface area (Å²) in [5, 5.41) is 14.8. The lowest BCUT2D eigenvalue weighted by Crippen LogP contribution is -2.48. The fraction of sp³-hybridized carbons (Fsp3) is 0.519. The molecule has 1 amide bonds. The molecule has 0 aliphatic carbocycles. The number of amides is 1. The highest BCUT2D eigenvalue weighted by molar-refractivity contribution is 7.09. The van der Waals surface area contributed by atoms with E-state index >= 15 is 0 Å². The van der Waals surface area contributed by atoms with E-state index in [4.69, 9.17) is 4.98 Å². The summed E-state index contributed by atoms with van der Waals surface area (Å²) in [5.41, 5.74) is 1.28. The maximum absolute atomic E-state index is 13.2. The molecule has 0 spiro atoms. The Bertz CT molecular complexity index is 1110. The first-order valence-electron chi connectivity index (χ1n) is 12.3. The molecule has 0 bridgehead atoms. The summed E-state index contributed by atoms with van der Waals surface area (Å²) in [6, 6.07) is 9.72. The number of hydrogen-bond donors (Lipinski definition) is 2. The number of nitrogens with zero attached hydrogens (tertiary/aromatic N) is 2. The second kappa shape index (κ2) is 11.2. The van der Waals surface area contributed by atoms with Crippen LogP contribution in [-0.4, -0.2) is 32.6 Å². The molecule has 0 aliphatic heterocycles. The summed E-state index contributed by atoms with van der Waals surface area (Å²) in [5.74, 6) is -0.155. The number of aliphatic carboxylic acids is 1. The maximum atomic E-state index is 13.2. The zero-order valence-corrected chi connectivity index (χ0v) is 21.7. The molecule has 1 unspecified atom stereocenters. The van der Waals surface area contributed by atoms with Gasteiger partial charge in [0.15, 0.2) is 0 Å². The van der Waals surface area contributed by atoms with Crippen molar-refractivity contribution in [3.8, 4) is 0 Å². The lowest BCUT2D eigenvalue weighted by molar-refractivity contribution is -0.148. The predicted molar refractivity (Wildman–Crippen MR) is 139 cm³/mol. The van der Waals surface area contributed by atoms with Crippen LogP contribution in [0.5, 0.6) is 0 Å². The van der Waals surface area contributed by atoms with Crippen molar-refractivity contribution in [2.45, 2.75) is 85.2 Å². The molecule has 3 rings (SSSR count). The largest absolute Gasteiger partial charge is 0.481 e. The van der Waals surface area contributed by atoms with E-state index in [1.807, 2.05) is 18.2 Å². The fourth-order valence-electron chi connectivity index (χ4n) is 4.46. The summed E-state index contributed by atoms with van der Waals surface area (Å²) in [6.07, 6.45) is 5.19. The van der Waals surface area contributed by atoms with E-state index in [0.29, 0.717) is 18.0 Å². The normalized spacial score (nSPS) is 12.9. The summed E-state index contributed by atoms with van der Waals surface area (Å²) < 4.78 is 2.33. The van der Waals surface area contributed by atoms with E-state index in [1.165, 1.54) is 4.88 Å². The smallest absolute Gasteiger partial charge is 0.311 e. The number of carboxylic acid groups (broad SMARTS) is 1. The minimum absolute atomic E-state index is 0.255. The first-order valence-corrected chi connectivity index (χ1v) is 13.2. The lowest BCUT2D eigenvalue weighted by Gasteiger charge is -2.31. The van der Waals surface area contributed by atoms with Crippen molar-refractivity contribution in [1.82, 2.24) is 14.9 Å². The lowest BCUT2D eigenvalue weighted by atomic mass is 9.81. The molecule has 1 aromatic carbocycles. The number of carboxylic acids is 1. The zero-order valence-electron chi connectivity index (χ0n) is 20.9. The molecule has 34 heavy (non-hydrogen) atoms. The van der Waals surface area contributed by atoms with Crippen molar-refractivity contribution in [3.05, 3.63) is 52.0 Å². The Morgan fingerprint density at radius 3 is 2.50 bits per heavy atom. The minimum Gasteiger partial charge on any atom is -0.481 e. The van der Waals surface area contributed by atoms with Gasteiger partial charge in [-0.2, -0.15) is 0 Å². The molecule has 7 heteroatoms. The molecule has 1 atom stereocenters. The number of aromatic nitrogens is 2. The van der Waals surface area contributed by atoms with Gasteiger partial charge in [-0.25, -0.2) is 4.98 Å².